The quantitative estimate of drug-likeness (QED) is 0.773. The van der Waals surface area contributed by atoms with Crippen molar-refractivity contribution in [3.05, 3.63) is 23.8 Å². The minimum Gasteiger partial charge on any atom is -0.497 e. The zero-order chi connectivity index (χ0) is 12.3. The Balaban J connectivity index is 2.24. The molecule has 0 amide bonds. The summed E-state index contributed by atoms with van der Waals surface area (Å²) < 4.78 is 10.9. The van der Waals surface area contributed by atoms with Gasteiger partial charge in [0, 0.05) is 6.07 Å². The molecule has 0 saturated heterocycles. The largest absolute Gasteiger partial charge is 0.497 e. The number of hydrogen-bond acceptors (Lipinski definition) is 3. The highest BCUT2D eigenvalue weighted by atomic mass is 35.5. The van der Waals surface area contributed by atoms with Crippen LogP contribution in [0.15, 0.2) is 18.2 Å². The van der Waals surface area contributed by atoms with Crippen LogP contribution in [0.5, 0.6) is 11.5 Å². The minimum absolute atomic E-state index is 0.192. The molecule has 0 unspecified atom stereocenters. The van der Waals surface area contributed by atoms with Gasteiger partial charge in [0.2, 0.25) is 0 Å². The Bertz CT molecular complexity index is 411. The SMILES string of the molecule is COc1ccc(C(=O)Cl)c(OC2CCCC2)c1. The van der Waals surface area contributed by atoms with E-state index in [2.05, 4.69) is 0 Å². The van der Waals surface area contributed by atoms with Crippen LogP contribution in [-0.4, -0.2) is 18.5 Å². The van der Waals surface area contributed by atoms with E-state index in [1.807, 2.05) is 0 Å². The van der Waals surface area contributed by atoms with Crippen LogP contribution in [0.25, 0.3) is 0 Å². The zero-order valence-corrected chi connectivity index (χ0v) is 10.5. The third-order valence-electron chi connectivity index (χ3n) is 3.00. The van der Waals surface area contributed by atoms with Crippen molar-refractivity contribution >= 4 is 16.8 Å². The maximum atomic E-state index is 11.3. The summed E-state index contributed by atoms with van der Waals surface area (Å²) in [6, 6.07) is 5.06. The molecule has 4 heteroatoms. The first kappa shape index (κ1) is 12.2. The number of carbonyl (C=O) groups is 1. The zero-order valence-electron chi connectivity index (χ0n) is 9.74. The first-order chi connectivity index (χ1) is 8.20. The summed E-state index contributed by atoms with van der Waals surface area (Å²) in [5.74, 6) is 1.19. The van der Waals surface area contributed by atoms with Gasteiger partial charge in [0.25, 0.3) is 5.24 Å². The third-order valence-corrected chi connectivity index (χ3v) is 3.20. The maximum absolute atomic E-state index is 11.3. The van der Waals surface area contributed by atoms with Gasteiger partial charge in [0.1, 0.15) is 11.5 Å². The molecule has 0 aliphatic heterocycles. The average Bonchev–Trinajstić information content (AvgIpc) is 2.81. The van der Waals surface area contributed by atoms with Gasteiger partial charge < -0.3 is 9.47 Å². The molecule has 0 aromatic heterocycles. The smallest absolute Gasteiger partial charge is 0.256 e. The van der Waals surface area contributed by atoms with Gasteiger partial charge in [-0.05, 0) is 49.4 Å². The number of hydrogen-bond donors (Lipinski definition) is 0. The van der Waals surface area contributed by atoms with Crippen LogP contribution < -0.4 is 9.47 Å². The number of benzene rings is 1. The van der Waals surface area contributed by atoms with Crippen molar-refractivity contribution in [3.8, 4) is 11.5 Å². The Kier molecular flexibility index (Phi) is 3.89. The Labute approximate surface area is 106 Å². The fourth-order valence-electron chi connectivity index (χ4n) is 2.08. The van der Waals surface area contributed by atoms with E-state index in [9.17, 15) is 4.79 Å². The highest BCUT2D eigenvalue weighted by Gasteiger charge is 2.20. The summed E-state index contributed by atoms with van der Waals surface area (Å²) in [6.45, 7) is 0. The van der Waals surface area contributed by atoms with E-state index in [0.717, 1.165) is 12.8 Å². The number of halogens is 1. The lowest BCUT2D eigenvalue weighted by molar-refractivity contribution is 0.107. The molecule has 17 heavy (non-hydrogen) atoms. The predicted octanol–water partition coefficient (Wildman–Crippen LogP) is 3.40. The summed E-state index contributed by atoms with van der Waals surface area (Å²) in [5.41, 5.74) is 0.402. The van der Waals surface area contributed by atoms with E-state index >= 15 is 0 Å². The van der Waals surface area contributed by atoms with Gasteiger partial charge in [-0.2, -0.15) is 0 Å². The number of ether oxygens (including phenoxy) is 2. The van der Waals surface area contributed by atoms with Crippen LogP contribution >= 0.6 is 11.6 Å². The molecule has 0 N–H and O–H groups in total. The first-order valence-corrected chi connectivity index (χ1v) is 6.13. The molecule has 0 spiro atoms. The molecular formula is C13H15ClO3. The molecule has 1 fully saturated rings. The van der Waals surface area contributed by atoms with Crippen molar-refractivity contribution in [3.63, 3.8) is 0 Å². The van der Waals surface area contributed by atoms with E-state index < -0.39 is 5.24 Å². The van der Waals surface area contributed by atoms with E-state index in [4.69, 9.17) is 21.1 Å². The third kappa shape index (κ3) is 2.91. The lowest BCUT2D eigenvalue weighted by Crippen LogP contribution is -2.12. The van der Waals surface area contributed by atoms with Crippen LogP contribution in [0.1, 0.15) is 36.0 Å². The van der Waals surface area contributed by atoms with Crippen LogP contribution in [-0.2, 0) is 0 Å². The minimum atomic E-state index is -0.499. The lowest BCUT2D eigenvalue weighted by Gasteiger charge is -2.15. The second kappa shape index (κ2) is 5.41. The fraction of sp³-hybridized carbons (Fsp3) is 0.462. The van der Waals surface area contributed by atoms with E-state index in [1.54, 1.807) is 25.3 Å². The highest BCUT2D eigenvalue weighted by molar-refractivity contribution is 6.68. The molecule has 1 aliphatic carbocycles. The topological polar surface area (TPSA) is 35.5 Å². The molecule has 0 bridgehead atoms. The van der Waals surface area contributed by atoms with Crippen molar-refractivity contribution < 1.29 is 14.3 Å². The Morgan fingerprint density at radius 1 is 1.35 bits per heavy atom. The molecule has 1 aromatic carbocycles. The summed E-state index contributed by atoms with van der Waals surface area (Å²) >= 11 is 5.53. The predicted molar refractivity (Wildman–Crippen MR) is 66.1 cm³/mol. The summed E-state index contributed by atoms with van der Waals surface area (Å²) in [7, 11) is 1.58. The summed E-state index contributed by atoms with van der Waals surface area (Å²) in [5, 5.41) is -0.499. The molecule has 0 atom stereocenters. The highest BCUT2D eigenvalue weighted by Crippen LogP contribution is 2.30. The molecule has 0 radical (unpaired) electrons. The van der Waals surface area contributed by atoms with Gasteiger partial charge in [-0.3, -0.25) is 4.79 Å². The average molecular weight is 255 g/mol. The van der Waals surface area contributed by atoms with Crippen molar-refractivity contribution in [1.29, 1.82) is 0 Å². The lowest BCUT2D eigenvalue weighted by atomic mass is 10.2. The van der Waals surface area contributed by atoms with Gasteiger partial charge in [-0.15, -0.1) is 0 Å². The Morgan fingerprint density at radius 2 is 2.06 bits per heavy atom. The second-order valence-corrected chi connectivity index (χ2v) is 4.50. The number of carbonyl (C=O) groups excluding carboxylic acids is 1. The summed E-state index contributed by atoms with van der Waals surface area (Å²) in [6.07, 6.45) is 4.62. The molecule has 1 saturated carbocycles. The Hall–Kier alpha value is -1.22. The normalized spacial score (nSPS) is 15.9. The molecule has 2 rings (SSSR count). The number of rotatable bonds is 4. The maximum Gasteiger partial charge on any atom is 0.256 e. The van der Waals surface area contributed by atoms with Crippen LogP contribution in [0, 0.1) is 0 Å². The first-order valence-electron chi connectivity index (χ1n) is 5.75. The van der Waals surface area contributed by atoms with Crippen LogP contribution in [0.2, 0.25) is 0 Å². The van der Waals surface area contributed by atoms with E-state index in [-0.39, 0.29) is 6.10 Å². The van der Waals surface area contributed by atoms with Gasteiger partial charge in [0.05, 0.1) is 18.8 Å². The van der Waals surface area contributed by atoms with Gasteiger partial charge in [-0.25, -0.2) is 0 Å². The van der Waals surface area contributed by atoms with Gasteiger partial charge >= 0.3 is 0 Å². The molecule has 3 nitrogen and oxygen atoms in total. The Morgan fingerprint density at radius 3 is 2.65 bits per heavy atom. The van der Waals surface area contributed by atoms with Gasteiger partial charge in [-0.1, -0.05) is 0 Å². The van der Waals surface area contributed by atoms with E-state index in [1.165, 1.54) is 12.8 Å². The van der Waals surface area contributed by atoms with E-state index in [0.29, 0.717) is 17.1 Å². The molecule has 92 valence electrons. The molecular weight excluding hydrogens is 240 g/mol. The van der Waals surface area contributed by atoms with Crippen molar-refractivity contribution in [2.45, 2.75) is 31.8 Å². The number of methoxy groups -OCH3 is 1. The monoisotopic (exact) mass is 254 g/mol. The second-order valence-electron chi connectivity index (χ2n) is 4.16. The summed E-state index contributed by atoms with van der Waals surface area (Å²) in [4.78, 5) is 11.3. The van der Waals surface area contributed by atoms with Crippen LogP contribution in [0.4, 0.5) is 0 Å². The van der Waals surface area contributed by atoms with Crippen molar-refractivity contribution in [1.82, 2.24) is 0 Å². The van der Waals surface area contributed by atoms with Crippen molar-refractivity contribution in [2.24, 2.45) is 0 Å². The molecule has 1 aromatic rings. The molecule has 1 aliphatic rings. The van der Waals surface area contributed by atoms with Gasteiger partial charge in [0.15, 0.2) is 0 Å². The standard InChI is InChI=1S/C13H15ClO3/c1-16-10-6-7-11(13(14)15)12(8-10)17-9-4-2-3-5-9/h6-9H,2-5H2,1H3. The molecule has 0 heterocycles. The van der Waals surface area contributed by atoms with Crippen LogP contribution in [0.3, 0.4) is 0 Å². The van der Waals surface area contributed by atoms with Crippen molar-refractivity contribution in [2.75, 3.05) is 7.11 Å². The fourth-order valence-corrected chi connectivity index (χ4v) is 2.23.